The summed E-state index contributed by atoms with van der Waals surface area (Å²) in [5, 5.41) is 4.11. The van der Waals surface area contributed by atoms with E-state index in [1.807, 2.05) is 13.2 Å². The van der Waals surface area contributed by atoms with Crippen LogP contribution in [0.5, 0.6) is 0 Å². The van der Waals surface area contributed by atoms with Crippen LogP contribution in [0.2, 0.25) is 0 Å². The lowest BCUT2D eigenvalue weighted by Gasteiger charge is -2.05. The Morgan fingerprint density at radius 1 is 1.44 bits per heavy atom. The van der Waals surface area contributed by atoms with E-state index in [4.69, 9.17) is 0 Å². The number of aromatic nitrogens is 3. The van der Waals surface area contributed by atoms with E-state index in [2.05, 4.69) is 32.6 Å². The molecule has 0 radical (unpaired) electrons. The van der Waals surface area contributed by atoms with Crippen molar-refractivity contribution in [2.45, 2.75) is 22.8 Å². The van der Waals surface area contributed by atoms with Gasteiger partial charge < -0.3 is 5.32 Å². The fourth-order valence-corrected chi connectivity index (χ4v) is 2.70. The van der Waals surface area contributed by atoms with Gasteiger partial charge in [0.1, 0.15) is 11.4 Å². The number of nitrogens with one attached hydrogen (secondary N) is 1. The summed E-state index contributed by atoms with van der Waals surface area (Å²) in [7, 11) is 1.93. The van der Waals surface area contributed by atoms with Gasteiger partial charge in [-0.1, -0.05) is 6.07 Å². The minimum absolute atomic E-state index is 0.845. The van der Waals surface area contributed by atoms with Gasteiger partial charge >= 0.3 is 0 Å². The van der Waals surface area contributed by atoms with Crippen LogP contribution in [-0.2, 0) is 6.54 Å². The molecular weight excluding hydrogens is 240 g/mol. The normalized spacial score (nSPS) is 10.6. The van der Waals surface area contributed by atoms with Gasteiger partial charge in [0, 0.05) is 12.7 Å². The minimum Gasteiger partial charge on any atom is -0.316 e. The van der Waals surface area contributed by atoms with Gasteiger partial charge in [-0.2, -0.15) is 4.37 Å². The molecule has 0 aliphatic rings. The summed E-state index contributed by atoms with van der Waals surface area (Å²) in [6, 6.07) is 2.15. The fourth-order valence-electron chi connectivity index (χ4n) is 1.32. The Bertz CT molecular complexity index is 456. The van der Waals surface area contributed by atoms with E-state index in [1.165, 1.54) is 22.7 Å². The average Bonchev–Trinajstić information content (AvgIpc) is 2.75. The number of aryl methyl sites for hydroxylation is 1. The zero-order valence-corrected chi connectivity index (χ0v) is 10.7. The van der Waals surface area contributed by atoms with Crippen molar-refractivity contribution in [2.75, 3.05) is 7.05 Å². The molecule has 0 atom stereocenters. The highest BCUT2D eigenvalue weighted by Crippen LogP contribution is 2.28. The lowest BCUT2D eigenvalue weighted by molar-refractivity contribution is 0.806. The fraction of sp³-hybridized carbons (Fsp3) is 0.300. The maximum absolute atomic E-state index is 4.43. The molecule has 0 saturated carbocycles. The third kappa shape index (κ3) is 2.78. The Balaban J connectivity index is 2.16. The molecule has 2 aromatic heterocycles. The Morgan fingerprint density at radius 3 is 2.94 bits per heavy atom. The molecular formula is C10H12N4S2. The smallest absolute Gasteiger partial charge is 0.176 e. The van der Waals surface area contributed by atoms with Gasteiger partial charge in [-0.05, 0) is 48.4 Å². The van der Waals surface area contributed by atoms with Gasteiger partial charge in [0.15, 0.2) is 4.34 Å². The first kappa shape index (κ1) is 11.5. The first-order valence-corrected chi connectivity index (χ1v) is 6.43. The molecule has 0 aliphatic heterocycles. The molecule has 0 bridgehead atoms. The second-order valence-corrected chi connectivity index (χ2v) is 5.32. The Kier molecular flexibility index (Phi) is 3.87. The van der Waals surface area contributed by atoms with Gasteiger partial charge in [0.05, 0.1) is 0 Å². The van der Waals surface area contributed by atoms with Gasteiger partial charge in [0.2, 0.25) is 0 Å². The summed E-state index contributed by atoms with van der Waals surface area (Å²) in [5.74, 6) is 0. The standard InChI is InChI=1S/C10H12N4S2/c1-7-3-8(4-11-2)5-12-9(7)15-10-13-6-14-16-10/h3,5-6,11H,4H2,1-2H3. The second-order valence-electron chi connectivity index (χ2n) is 3.31. The maximum atomic E-state index is 4.43. The molecule has 0 unspecified atom stereocenters. The third-order valence-electron chi connectivity index (χ3n) is 1.99. The van der Waals surface area contributed by atoms with Crippen molar-refractivity contribution in [3.63, 3.8) is 0 Å². The third-order valence-corrected chi connectivity index (χ3v) is 3.83. The Labute approximate surface area is 103 Å². The van der Waals surface area contributed by atoms with E-state index in [0.717, 1.165) is 15.9 Å². The summed E-state index contributed by atoms with van der Waals surface area (Å²) >= 11 is 2.95. The van der Waals surface area contributed by atoms with Crippen molar-refractivity contribution in [3.05, 3.63) is 29.7 Å². The zero-order valence-electron chi connectivity index (χ0n) is 9.10. The molecule has 0 spiro atoms. The molecule has 6 heteroatoms. The molecule has 2 heterocycles. The van der Waals surface area contributed by atoms with E-state index in [-0.39, 0.29) is 0 Å². The van der Waals surface area contributed by atoms with Crippen LogP contribution in [0.1, 0.15) is 11.1 Å². The highest BCUT2D eigenvalue weighted by Gasteiger charge is 2.06. The predicted octanol–water partition coefficient (Wildman–Crippen LogP) is 2.11. The van der Waals surface area contributed by atoms with Crippen LogP contribution < -0.4 is 5.32 Å². The Morgan fingerprint density at radius 2 is 2.31 bits per heavy atom. The summed E-state index contributed by atoms with van der Waals surface area (Å²) in [5.41, 5.74) is 2.37. The molecule has 0 aliphatic carbocycles. The Hall–Kier alpha value is -0.980. The molecule has 0 saturated heterocycles. The van der Waals surface area contributed by atoms with Crippen LogP contribution in [0.25, 0.3) is 0 Å². The van der Waals surface area contributed by atoms with E-state index < -0.39 is 0 Å². The molecule has 1 N–H and O–H groups in total. The van der Waals surface area contributed by atoms with Crippen LogP contribution in [0, 0.1) is 6.92 Å². The van der Waals surface area contributed by atoms with Crippen molar-refractivity contribution in [1.29, 1.82) is 0 Å². The molecule has 84 valence electrons. The summed E-state index contributed by atoms with van der Waals surface area (Å²) in [6.45, 7) is 2.91. The van der Waals surface area contributed by atoms with Crippen molar-refractivity contribution in [1.82, 2.24) is 19.7 Å². The SMILES string of the molecule is CNCc1cnc(Sc2ncns2)c(C)c1. The number of nitrogens with zero attached hydrogens (tertiary/aromatic N) is 3. The number of hydrogen-bond acceptors (Lipinski definition) is 6. The molecule has 4 nitrogen and oxygen atoms in total. The van der Waals surface area contributed by atoms with Gasteiger partial charge in [-0.3, -0.25) is 0 Å². The van der Waals surface area contributed by atoms with Crippen LogP contribution in [0.3, 0.4) is 0 Å². The van der Waals surface area contributed by atoms with E-state index in [0.29, 0.717) is 0 Å². The van der Waals surface area contributed by atoms with E-state index in [9.17, 15) is 0 Å². The molecule has 0 fully saturated rings. The largest absolute Gasteiger partial charge is 0.316 e. The monoisotopic (exact) mass is 252 g/mol. The van der Waals surface area contributed by atoms with Crippen molar-refractivity contribution < 1.29 is 0 Å². The van der Waals surface area contributed by atoms with Crippen molar-refractivity contribution in [3.8, 4) is 0 Å². The van der Waals surface area contributed by atoms with Gasteiger partial charge in [-0.25, -0.2) is 9.97 Å². The van der Waals surface area contributed by atoms with Crippen LogP contribution in [0.4, 0.5) is 0 Å². The van der Waals surface area contributed by atoms with Gasteiger partial charge in [-0.15, -0.1) is 0 Å². The van der Waals surface area contributed by atoms with Crippen LogP contribution >= 0.6 is 23.3 Å². The maximum Gasteiger partial charge on any atom is 0.176 e. The van der Waals surface area contributed by atoms with E-state index in [1.54, 1.807) is 18.1 Å². The zero-order chi connectivity index (χ0) is 11.4. The number of rotatable bonds is 4. The first-order valence-electron chi connectivity index (χ1n) is 4.84. The summed E-state index contributed by atoms with van der Waals surface area (Å²) in [4.78, 5) is 8.56. The number of pyridine rings is 1. The van der Waals surface area contributed by atoms with Crippen LogP contribution in [-0.4, -0.2) is 21.4 Å². The minimum atomic E-state index is 0.845. The molecule has 16 heavy (non-hydrogen) atoms. The average molecular weight is 252 g/mol. The molecule has 2 rings (SSSR count). The topological polar surface area (TPSA) is 50.7 Å². The predicted molar refractivity (Wildman–Crippen MR) is 65.8 cm³/mol. The van der Waals surface area contributed by atoms with E-state index >= 15 is 0 Å². The summed E-state index contributed by atoms with van der Waals surface area (Å²) < 4.78 is 4.89. The molecule has 0 amide bonds. The first-order chi connectivity index (χ1) is 7.79. The highest BCUT2D eigenvalue weighted by molar-refractivity contribution is 8.00. The lowest BCUT2D eigenvalue weighted by atomic mass is 10.2. The van der Waals surface area contributed by atoms with Gasteiger partial charge in [0.25, 0.3) is 0 Å². The molecule has 2 aromatic rings. The number of hydrogen-bond donors (Lipinski definition) is 1. The highest BCUT2D eigenvalue weighted by atomic mass is 32.2. The summed E-state index contributed by atoms with van der Waals surface area (Å²) in [6.07, 6.45) is 3.46. The van der Waals surface area contributed by atoms with Crippen molar-refractivity contribution in [2.24, 2.45) is 0 Å². The lowest BCUT2D eigenvalue weighted by Crippen LogP contribution is -2.05. The van der Waals surface area contributed by atoms with Crippen LogP contribution in [0.15, 0.2) is 28.0 Å². The second kappa shape index (κ2) is 5.38. The van der Waals surface area contributed by atoms with Crippen molar-refractivity contribution >= 4 is 23.3 Å². The quantitative estimate of drug-likeness (QED) is 0.903. The molecule has 0 aromatic carbocycles.